The molecule has 1 aliphatic heterocycles. The van der Waals surface area contributed by atoms with Gasteiger partial charge in [0.2, 0.25) is 0 Å². The number of benzene rings is 1. The van der Waals surface area contributed by atoms with Gasteiger partial charge in [-0.1, -0.05) is 18.5 Å². The van der Waals surface area contributed by atoms with Crippen LogP contribution in [-0.2, 0) is 16.1 Å². The van der Waals surface area contributed by atoms with Gasteiger partial charge in [0, 0.05) is 13.0 Å². The molecule has 6 heteroatoms. The van der Waals surface area contributed by atoms with Crippen LogP contribution >= 0.6 is 11.6 Å². The molecule has 1 atom stereocenters. The first-order valence-electron chi connectivity index (χ1n) is 7.06. The van der Waals surface area contributed by atoms with E-state index in [1.54, 1.807) is 7.11 Å². The fourth-order valence-electron chi connectivity index (χ4n) is 2.13. The average Bonchev–Trinajstić information content (AvgIpc) is 2.87. The number of carbonyl (C=O) groups is 1. The van der Waals surface area contributed by atoms with Gasteiger partial charge in [0.25, 0.3) is 0 Å². The predicted molar refractivity (Wildman–Crippen MR) is 80.0 cm³/mol. The number of carbonyl (C=O) groups excluding carboxylic acids is 1. The van der Waals surface area contributed by atoms with Crippen molar-refractivity contribution < 1.29 is 19.0 Å². The van der Waals surface area contributed by atoms with Gasteiger partial charge in [-0.3, -0.25) is 0 Å². The molecule has 1 fully saturated rings. The first kappa shape index (κ1) is 15.9. The Labute approximate surface area is 129 Å². The van der Waals surface area contributed by atoms with Crippen LogP contribution in [0.25, 0.3) is 0 Å². The van der Waals surface area contributed by atoms with Crippen molar-refractivity contribution in [3.05, 3.63) is 22.7 Å². The van der Waals surface area contributed by atoms with Gasteiger partial charge in [-0.15, -0.1) is 0 Å². The lowest BCUT2D eigenvalue weighted by atomic mass is 10.2. The number of hydrogen-bond acceptors (Lipinski definition) is 5. The zero-order chi connectivity index (χ0) is 15.2. The van der Waals surface area contributed by atoms with Crippen molar-refractivity contribution in [3.8, 4) is 11.5 Å². The number of halogens is 1. The van der Waals surface area contributed by atoms with E-state index in [-0.39, 0.29) is 5.97 Å². The number of nitrogens with one attached hydrogen (secondary N) is 1. The minimum atomic E-state index is -0.611. The van der Waals surface area contributed by atoms with Crippen LogP contribution in [-0.4, -0.2) is 32.3 Å². The zero-order valence-corrected chi connectivity index (χ0v) is 13.0. The van der Waals surface area contributed by atoms with Gasteiger partial charge in [-0.2, -0.15) is 0 Å². The second-order valence-corrected chi connectivity index (χ2v) is 5.26. The Hall–Kier alpha value is -1.46. The molecule has 2 rings (SSSR count). The van der Waals surface area contributed by atoms with E-state index in [1.807, 2.05) is 12.1 Å². The summed E-state index contributed by atoms with van der Waals surface area (Å²) in [6, 6.07) is 3.69. The van der Waals surface area contributed by atoms with Gasteiger partial charge >= 0.3 is 5.97 Å². The summed E-state index contributed by atoms with van der Waals surface area (Å²) in [6.45, 7) is 4.13. The van der Waals surface area contributed by atoms with Gasteiger partial charge in [-0.25, -0.2) is 4.79 Å². The van der Waals surface area contributed by atoms with E-state index in [2.05, 4.69) is 12.2 Å². The van der Waals surface area contributed by atoms with Crippen molar-refractivity contribution in [1.82, 2.24) is 5.32 Å². The highest BCUT2D eigenvalue weighted by molar-refractivity contribution is 6.32. The van der Waals surface area contributed by atoms with E-state index in [9.17, 15) is 4.79 Å². The van der Waals surface area contributed by atoms with Crippen molar-refractivity contribution in [3.63, 3.8) is 0 Å². The number of esters is 1. The molecule has 0 spiro atoms. The highest BCUT2D eigenvalue weighted by Crippen LogP contribution is 2.38. The van der Waals surface area contributed by atoms with Crippen molar-refractivity contribution in [2.24, 2.45) is 0 Å². The molecule has 1 heterocycles. The Kier molecular flexibility index (Phi) is 5.70. The van der Waals surface area contributed by atoms with Crippen molar-refractivity contribution >= 4 is 17.6 Å². The molecule has 1 aliphatic rings. The Morgan fingerprint density at radius 1 is 1.48 bits per heavy atom. The number of hydrogen-bond donors (Lipinski definition) is 1. The summed E-state index contributed by atoms with van der Waals surface area (Å²) in [5, 5.41) is 3.73. The number of cyclic esters (lactones) is 1. The van der Waals surface area contributed by atoms with Crippen LogP contribution in [0.1, 0.15) is 25.3 Å². The summed E-state index contributed by atoms with van der Waals surface area (Å²) in [4.78, 5) is 11.5. The highest BCUT2D eigenvalue weighted by atomic mass is 35.5. The van der Waals surface area contributed by atoms with Gasteiger partial charge < -0.3 is 19.5 Å². The van der Waals surface area contributed by atoms with E-state index < -0.39 is 6.10 Å². The number of rotatable bonds is 7. The SMILES string of the molecule is CCCNCc1cc(Cl)c(OC2CCOC2=O)c(OC)c1. The molecule has 0 aromatic heterocycles. The molecule has 1 aromatic rings. The second kappa shape index (κ2) is 7.52. The summed E-state index contributed by atoms with van der Waals surface area (Å²) in [5.74, 6) is 0.555. The topological polar surface area (TPSA) is 56.8 Å². The summed E-state index contributed by atoms with van der Waals surface area (Å²) >= 11 is 6.27. The Morgan fingerprint density at radius 2 is 2.29 bits per heavy atom. The normalized spacial score (nSPS) is 17.7. The van der Waals surface area contributed by atoms with Crippen LogP contribution < -0.4 is 14.8 Å². The monoisotopic (exact) mass is 313 g/mol. The average molecular weight is 314 g/mol. The fourth-order valence-corrected chi connectivity index (χ4v) is 2.40. The molecule has 0 saturated carbocycles. The van der Waals surface area contributed by atoms with Crippen LogP contribution in [0.2, 0.25) is 5.02 Å². The Bertz CT molecular complexity index is 507. The lowest BCUT2D eigenvalue weighted by molar-refractivity contribution is -0.143. The first-order chi connectivity index (χ1) is 10.2. The van der Waals surface area contributed by atoms with Crippen LogP contribution in [0, 0.1) is 0 Å². The minimum Gasteiger partial charge on any atom is -0.493 e. The molecule has 0 radical (unpaired) electrons. The summed E-state index contributed by atoms with van der Waals surface area (Å²) in [7, 11) is 1.55. The largest absolute Gasteiger partial charge is 0.493 e. The molecule has 1 N–H and O–H groups in total. The first-order valence-corrected chi connectivity index (χ1v) is 7.44. The smallest absolute Gasteiger partial charge is 0.347 e. The van der Waals surface area contributed by atoms with Crippen LogP contribution in [0.3, 0.4) is 0 Å². The highest BCUT2D eigenvalue weighted by Gasteiger charge is 2.30. The third-order valence-electron chi connectivity index (χ3n) is 3.19. The third kappa shape index (κ3) is 4.02. The molecule has 21 heavy (non-hydrogen) atoms. The maximum absolute atomic E-state index is 11.5. The van der Waals surface area contributed by atoms with E-state index >= 15 is 0 Å². The van der Waals surface area contributed by atoms with E-state index in [4.69, 9.17) is 25.8 Å². The standard InChI is InChI=1S/C15H20ClNO4/c1-3-5-17-9-10-7-11(16)14(13(8-10)19-2)21-12-4-6-20-15(12)18/h7-8,12,17H,3-6,9H2,1-2H3. The molecule has 0 amide bonds. The summed E-state index contributed by atoms with van der Waals surface area (Å²) in [5.41, 5.74) is 1.01. The Morgan fingerprint density at radius 3 is 2.90 bits per heavy atom. The molecule has 5 nitrogen and oxygen atoms in total. The van der Waals surface area contributed by atoms with Crippen LogP contribution in [0.4, 0.5) is 0 Å². The molecular weight excluding hydrogens is 294 g/mol. The molecule has 1 aromatic carbocycles. The number of methoxy groups -OCH3 is 1. The van der Waals surface area contributed by atoms with Crippen molar-refractivity contribution in [2.75, 3.05) is 20.3 Å². The molecule has 0 bridgehead atoms. The van der Waals surface area contributed by atoms with Gasteiger partial charge in [0.1, 0.15) is 0 Å². The Balaban J connectivity index is 2.14. The van der Waals surface area contributed by atoms with Gasteiger partial charge in [0.05, 0.1) is 18.7 Å². The maximum Gasteiger partial charge on any atom is 0.347 e. The maximum atomic E-state index is 11.5. The molecule has 1 unspecified atom stereocenters. The van der Waals surface area contributed by atoms with Crippen molar-refractivity contribution in [2.45, 2.75) is 32.4 Å². The quantitative estimate of drug-likeness (QED) is 0.619. The van der Waals surface area contributed by atoms with E-state index in [0.29, 0.717) is 36.1 Å². The lowest BCUT2D eigenvalue weighted by Crippen LogP contribution is -2.22. The van der Waals surface area contributed by atoms with E-state index in [0.717, 1.165) is 18.5 Å². The van der Waals surface area contributed by atoms with Gasteiger partial charge in [-0.05, 0) is 30.7 Å². The second-order valence-electron chi connectivity index (χ2n) is 4.85. The zero-order valence-electron chi connectivity index (χ0n) is 12.3. The fraction of sp³-hybridized carbons (Fsp3) is 0.533. The summed E-state index contributed by atoms with van der Waals surface area (Å²) in [6.07, 6.45) is 0.981. The lowest BCUT2D eigenvalue weighted by Gasteiger charge is -2.16. The van der Waals surface area contributed by atoms with Crippen LogP contribution in [0.15, 0.2) is 12.1 Å². The molecule has 1 saturated heterocycles. The van der Waals surface area contributed by atoms with Gasteiger partial charge in [0.15, 0.2) is 17.6 Å². The third-order valence-corrected chi connectivity index (χ3v) is 3.47. The predicted octanol–water partition coefficient (Wildman–Crippen LogP) is 2.54. The van der Waals surface area contributed by atoms with E-state index in [1.165, 1.54) is 0 Å². The molecule has 116 valence electrons. The minimum absolute atomic E-state index is 0.359. The molecule has 0 aliphatic carbocycles. The van der Waals surface area contributed by atoms with Crippen molar-refractivity contribution in [1.29, 1.82) is 0 Å². The molecular formula is C15H20ClNO4. The number of ether oxygens (including phenoxy) is 3. The van der Waals surface area contributed by atoms with Crippen LogP contribution in [0.5, 0.6) is 11.5 Å². The summed E-state index contributed by atoms with van der Waals surface area (Å²) < 4.78 is 15.9.